The van der Waals surface area contributed by atoms with E-state index in [9.17, 15) is 13.2 Å². The highest BCUT2D eigenvalue weighted by atomic mass is 32.2. The quantitative estimate of drug-likeness (QED) is 0.704. The van der Waals surface area contributed by atoms with Crippen LogP contribution in [0.15, 0.2) is 18.5 Å². The molecule has 0 aromatic carbocycles. The lowest BCUT2D eigenvalue weighted by molar-refractivity contribution is 0.0698. The lowest BCUT2D eigenvalue weighted by Gasteiger charge is -2.09. The van der Waals surface area contributed by atoms with Crippen molar-refractivity contribution in [2.75, 3.05) is 23.7 Å². The zero-order valence-electron chi connectivity index (χ0n) is 9.79. The van der Waals surface area contributed by atoms with Crippen molar-refractivity contribution in [3.63, 3.8) is 0 Å². The van der Waals surface area contributed by atoms with Crippen molar-refractivity contribution in [2.45, 2.75) is 6.92 Å². The smallest absolute Gasteiger partial charge is 0.337 e. The number of carboxylic acid groups (broad SMARTS) is 1. The van der Waals surface area contributed by atoms with Gasteiger partial charge in [-0.05, 0) is 13.0 Å². The van der Waals surface area contributed by atoms with Gasteiger partial charge in [0.2, 0.25) is 10.0 Å². The topological polar surface area (TPSA) is 106 Å². The van der Waals surface area contributed by atoms with Gasteiger partial charge in [-0.15, -0.1) is 0 Å². The second-order valence-corrected chi connectivity index (χ2v) is 5.19. The third-order valence-corrected chi connectivity index (χ3v) is 3.25. The van der Waals surface area contributed by atoms with Gasteiger partial charge in [0.1, 0.15) is 0 Å². The zero-order chi connectivity index (χ0) is 13.6. The summed E-state index contributed by atoms with van der Waals surface area (Å²) in [6, 6.07) is 1.22. The minimum absolute atomic E-state index is 0.0501. The predicted octanol–water partition coefficient (Wildman–Crippen LogP) is 0.558. The van der Waals surface area contributed by atoms with Gasteiger partial charge in [-0.2, -0.15) is 0 Å². The maximum Gasteiger partial charge on any atom is 0.337 e. The first-order valence-corrected chi connectivity index (χ1v) is 6.87. The second-order valence-electron chi connectivity index (χ2n) is 3.34. The van der Waals surface area contributed by atoms with E-state index >= 15 is 0 Å². The Labute approximate surface area is 105 Å². The van der Waals surface area contributed by atoms with E-state index in [4.69, 9.17) is 9.84 Å². The zero-order valence-corrected chi connectivity index (χ0v) is 10.6. The van der Waals surface area contributed by atoms with Crippen molar-refractivity contribution in [1.82, 2.24) is 4.98 Å². The fourth-order valence-corrected chi connectivity index (χ4v) is 2.13. The first-order chi connectivity index (χ1) is 8.46. The Bertz CT molecular complexity index is 515. The van der Waals surface area contributed by atoms with Crippen LogP contribution >= 0.6 is 0 Å². The van der Waals surface area contributed by atoms with Gasteiger partial charge in [-0.25, -0.2) is 13.2 Å². The Hall–Kier alpha value is -1.67. The number of anilines is 1. The maximum absolute atomic E-state index is 11.6. The monoisotopic (exact) mass is 274 g/mol. The molecule has 1 rings (SSSR count). The van der Waals surface area contributed by atoms with Gasteiger partial charge in [0, 0.05) is 12.8 Å². The summed E-state index contributed by atoms with van der Waals surface area (Å²) in [4.78, 5) is 14.6. The van der Waals surface area contributed by atoms with Gasteiger partial charge in [0.05, 0.1) is 29.8 Å². The van der Waals surface area contributed by atoms with Crippen molar-refractivity contribution in [3.05, 3.63) is 24.0 Å². The molecule has 0 unspecified atom stereocenters. The molecule has 0 spiro atoms. The highest BCUT2D eigenvalue weighted by molar-refractivity contribution is 7.92. The number of rotatable bonds is 7. The largest absolute Gasteiger partial charge is 0.478 e. The Kier molecular flexibility index (Phi) is 5.05. The van der Waals surface area contributed by atoms with E-state index in [0.29, 0.717) is 6.61 Å². The molecule has 0 amide bonds. The molecular weight excluding hydrogens is 260 g/mol. The molecule has 0 saturated heterocycles. The van der Waals surface area contributed by atoms with Crippen molar-refractivity contribution in [3.8, 4) is 0 Å². The Morgan fingerprint density at radius 2 is 2.28 bits per heavy atom. The molecule has 0 bridgehead atoms. The van der Waals surface area contributed by atoms with Gasteiger partial charge in [-0.1, -0.05) is 0 Å². The van der Waals surface area contributed by atoms with E-state index in [0.717, 1.165) is 6.20 Å². The van der Waals surface area contributed by atoms with Crippen LogP contribution in [0.2, 0.25) is 0 Å². The summed E-state index contributed by atoms with van der Waals surface area (Å²) < 4.78 is 30.4. The average Bonchev–Trinajstić information content (AvgIpc) is 2.29. The van der Waals surface area contributed by atoms with Gasteiger partial charge < -0.3 is 9.84 Å². The van der Waals surface area contributed by atoms with Gasteiger partial charge in [-0.3, -0.25) is 9.71 Å². The van der Waals surface area contributed by atoms with Crippen LogP contribution in [0.1, 0.15) is 17.3 Å². The summed E-state index contributed by atoms with van der Waals surface area (Å²) in [6.07, 6.45) is 2.43. The molecule has 0 saturated carbocycles. The first kappa shape index (κ1) is 14.4. The van der Waals surface area contributed by atoms with Crippen molar-refractivity contribution in [2.24, 2.45) is 0 Å². The maximum atomic E-state index is 11.6. The Balaban J connectivity index is 2.81. The minimum atomic E-state index is -3.64. The van der Waals surface area contributed by atoms with E-state index in [-0.39, 0.29) is 23.6 Å². The molecule has 1 aromatic heterocycles. The lowest BCUT2D eigenvalue weighted by atomic mass is 10.2. The summed E-state index contributed by atoms with van der Waals surface area (Å²) in [5, 5.41) is 8.89. The number of aromatic nitrogens is 1. The van der Waals surface area contributed by atoms with Crippen LogP contribution in [0.4, 0.5) is 5.69 Å². The molecule has 0 aliphatic rings. The van der Waals surface area contributed by atoms with E-state index in [1.165, 1.54) is 12.3 Å². The third kappa shape index (κ3) is 4.30. The van der Waals surface area contributed by atoms with Crippen LogP contribution in [-0.2, 0) is 14.8 Å². The van der Waals surface area contributed by atoms with Crippen LogP contribution in [0.3, 0.4) is 0 Å². The van der Waals surface area contributed by atoms with Gasteiger partial charge in [0.25, 0.3) is 0 Å². The Morgan fingerprint density at radius 3 is 2.89 bits per heavy atom. The summed E-state index contributed by atoms with van der Waals surface area (Å²) in [7, 11) is -3.64. The van der Waals surface area contributed by atoms with E-state index in [2.05, 4.69) is 9.71 Å². The van der Waals surface area contributed by atoms with Crippen LogP contribution in [0.25, 0.3) is 0 Å². The fraction of sp³-hybridized carbons (Fsp3) is 0.400. The lowest BCUT2D eigenvalue weighted by Crippen LogP contribution is -2.21. The molecule has 0 atom stereocenters. The Morgan fingerprint density at radius 1 is 1.56 bits per heavy atom. The predicted molar refractivity (Wildman–Crippen MR) is 65.1 cm³/mol. The van der Waals surface area contributed by atoms with Crippen molar-refractivity contribution in [1.29, 1.82) is 0 Å². The number of hydrogen-bond donors (Lipinski definition) is 2. The molecule has 1 aromatic rings. The molecular formula is C10H14N2O5S. The molecule has 18 heavy (non-hydrogen) atoms. The summed E-state index contributed by atoms with van der Waals surface area (Å²) >= 11 is 0. The van der Waals surface area contributed by atoms with Crippen LogP contribution in [0, 0.1) is 0 Å². The number of carboxylic acids is 1. The van der Waals surface area contributed by atoms with Crippen molar-refractivity contribution < 1.29 is 23.1 Å². The average molecular weight is 274 g/mol. The number of nitrogens with one attached hydrogen (secondary N) is 1. The minimum Gasteiger partial charge on any atom is -0.478 e. The molecule has 100 valence electrons. The number of nitrogens with zero attached hydrogens (tertiary/aromatic N) is 1. The number of hydrogen-bond acceptors (Lipinski definition) is 5. The highest BCUT2D eigenvalue weighted by Crippen LogP contribution is 2.14. The van der Waals surface area contributed by atoms with Gasteiger partial charge in [0.15, 0.2) is 0 Å². The summed E-state index contributed by atoms with van der Waals surface area (Å²) in [6.45, 7) is 2.22. The fourth-order valence-electron chi connectivity index (χ4n) is 1.19. The standard InChI is InChI=1S/C10H14N2O5S/c1-2-17-5-6-18(15,16)12-9-7-11-4-3-8(9)10(13)14/h3-4,7,12H,2,5-6H2,1H3,(H,13,14). The van der Waals surface area contributed by atoms with E-state index in [1.807, 2.05) is 0 Å². The molecule has 0 aliphatic heterocycles. The normalized spacial score (nSPS) is 11.2. The number of aromatic carboxylic acids is 1. The molecule has 0 radical (unpaired) electrons. The number of sulfonamides is 1. The van der Waals surface area contributed by atoms with Crippen molar-refractivity contribution >= 4 is 21.7 Å². The van der Waals surface area contributed by atoms with Gasteiger partial charge >= 0.3 is 5.97 Å². The number of ether oxygens (including phenoxy) is 1. The second kappa shape index (κ2) is 6.31. The summed E-state index contributed by atoms with van der Waals surface area (Å²) in [5.41, 5.74) is -0.202. The first-order valence-electron chi connectivity index (χ1n) is 5.22. The highest BCUT2D eigenvalue weighted by Gasteiger charge is 2.16. The third-order valence-electron chi connectivity index (χ3n) is 2.02. The molecule has 1 heterocycles. The van der Waals surface area contributed by atoms with Crippen LogP contribution in [0.5, 0.6) is 0 Å². The molecule has 0 aliphatic carbocycles. The SMILES string of the molecule is CCOCCS(=O)(=O)Nc1cnccc1C(=O)O. The molecule has 2 N–H and O–H groups in total. The van der Waals surface area contributed by atoms with E-state index < -0.39 is 16.0 Å². The number of carbonyl (C=O) groups is 1. The molecule has 7 nitrogen and oxygen atoms in total. The molecule has 0 fully saturated rings. The van der Waals surface area contributed by atoms with Crippen LogP contribution in [-0.4, -0.2) is 43.4 Å². The van der Waals surface area contributed by atoms with Crippen LogP contribution < -0.4 is 4.72 Å². The number of pyridine rings is 1. The summed E-state index contributed by atoms with van der Waals surface area (Å²) in [5.74, 6) is -1.46. The van der Waals surface area contributed by atoms with E-state index in [1.54, 1.807) is 6.92 Å². The molecule has 8 heteroatoms.